The highest BCUT2D eigenvalue weighted by Gasteiger charge is 2.04. The highest BCUT2D eigenvalue weighted by atomic mass is 32.2. The van der Waals surface area contributed by atoms with Gasteiger partial charge in [-0.25, -0.2) is 0 Å². The number of amides is 1. The fourth-order valence-corrected chi connectivity index (χ4v) is 2.70. The van der Waals surface area contributed by atoms with Crippen molar-refractivity contribution in [3.05, 3.63) is 71.8 Å². The Kier molecular flexibility index (Phi) is 7.27. The summed E-state index contributed by atoms with van der Waals surface area (Å²) in [5.41, 5.74) is 2.16. The van der Waals surface area contributed by atoms with Gasteiger partial charge in [0.1, 0.15) is 5.75 Å². The number of benzene rings is 2. The molecule has 0 aromatic heterocycles. The fraction of sp³-hybridized carbons (Fsp3) is 0.211. The van der Waals surface area contributed by atoms with Crippen LogP contribution in [0.2, 0.25) is 0 Å². The van der Waals surface area contributed by atoms with Gasteiger partial charge < -0.3 is 10.1 Å². The fourth-order valence-electron chi connectivity index (χ4n) is 2.06. The van der Waals surface area contributed by atoms with Gasteiger partial charge in [0.05, 0.1) is 12.9 Å². The van der Waals surface area contributed by atoms with Gasteiger partial charge in [-0.2, -0.15) is 0 Å². The van der Waals surface area contributed by atoms with E-state index in [4.69, 9.17) is 4.74 Å². The maximum absolute atomic E-state index is 11.9. The third-order valence-corrected chi connectivity index (χ3v) is 4.12. The van der Waals surface area contributed by atoms with Gasteiger partial charge in [0.25, 0.3) is 0 Å². The van der Waals surface area contributed by atoms with E-state index >= 15 is 0 Å². The predicted octanol–water partition coefficient (Wildman–Crippen LogP) is 3.76. The van der Waals surface area contributed by atoms with Gasteiger partial charge in [-0.05, 0) is 11.6 Å². The summed E-state index contributed by atoms with van der Waals surface area (Å²) in [5.74, 6) is 2.10. The first-order chi connectivity index (χ1) is 11.3. The largest absolute Gasteiger partial charge is 0.496 e. The molecule has 0 aliphatic heterocycles. The number of rotatable bonds is 8. The van der Waals surface area contributed by atoms with Crippen molar-refractivity contribution in [3.8, 4) is 5.75 Å². The minimum atomic E-state index is 0.0361. The van der Waals surface area contributed by atoms with Crippen molar-refractivity contribution in [2.24, 2.45) is 0 Å². The van der Waals surface area contributed by atoms with Crippen LogP contribution in [0.15, 0.2) is 60.7 Å². The van der Waals surface area contributed by atoms with E-state index in [1.54, 1.807) is 18.9 Å². The Morgan fingerprint density at radius 1 is 1.13 bits per heavy atom. The first-order valence-corrected chi connectivity index (χ1v) is 8.63. The van der Waals surface area contributed by atoms with Crippen molar-refractivity contribution in [3.63, 3.8) is 0 Å². The summed E-state index contributed by atoms with van der Waals surface area (Å²) in [7, 11) is 1.63. The molecule has 0 saturated carbocycles. The Bertz CT molecular complexity index is 641. The molecule has 0 atom stereocenters. The molecular formula is C19H21NO2S. The van der Waals surface area contributed by atoms with E-state index in [1.807, 2.05) is 42.5 Å². The molecule has 23 heavy (non-hydrogen) atoms. The Hall–Kier alpha value is -2.20. The van der Waals surface area contributed by atoms with Gasteiger partial charge >= 0.3 is 0 Å². The molecule has 0 radical (unpaired) electrons. The summed E-state index contributed by atoms with van der Waals surface area (Å²) in [4.78, 5) is 11.9. The lowest BCUT2D eigenvalue weighted by atomic mass is 10.2. The third kappa shape index (κ3) is 6.20. The molecule has 1 N–H and O–H groups in total. The zero-order valence-electron chi connectivity index (χ0n) is 13.2. The molecular weight excluding hydrogens is 306 g/mol. The lowest BCUT2D eigenvalue weighted by Crippen LogP contribution is -2.24. The van der Waals surface area contributed by atoms with E-state index in [0.29, 0.717) is 12.3 Å². The molecule has 4 heteroatoms. The Labute approximate surface area is 141 Å². The number of para-hydroxylation sites is 1. The number of carbonyl (C=O) groups is 1. The second kappa shape index (κ2) is 9.74. The molecule has 0 fully saturated rings. The van der Waals surface area contributed by atoms with Crippen LogP contribution in [-0.2, 0) is 11.3 Å². The average Bonchev–Trinajstić information content (AvgIpc) is 2.60. The molecule has 2 rings (SSSR count). The summed E-state index contributed by atoms with van der Waals surface area (Å²) in [6.45, 7) is 0.489. The molecule has 0 heterocycles. The van der Waals surface area contributed by atoms with Crippen LogP contribution in [0.25, 0.3) is 6.08 Å². The van der Waals surface area contributed by atoms with Gasteiger partial charge in [-0.1, -0.05) is 60.7 Å². The smallest absolute Gasteiger partial charge is 0.230 e. The second-order valence-corrected chi connectivity index (χ2v) is 5.95. The van der Waals surface area contributed by atoms with Crippen LogP contribution in [0.3, 0.4) is 0 Å². The van der Waals surface area contributed by atoms with E-state index in [2.05, 4.69) is 29.6 Å². The minimum absolute atomic E-state index is 0.0361. The number of hydrogen-bond donors (Lipinski definition) is 1. The minimum Gasteiger partial charge on any atom is -0.496 e. The molecule has 0 saturated heterocycles. The summed E-state index contributed by atoms with van der Waals surface area (Å²) in [6, 6.07) is 17.8. The quantitative estimate of drug-likeness (QED) is 0.750. The highest BCUT2D eigenvalue weighted by molar-refractivity contribution is 8.00. The average molecular weight is 327 g/mol. The zero-order valence-corrected chi connectivity index (χ0v) is 14.0. The molecule has 0 bridgehead atoms. The lowest BCUT2D eigenvalue weighted by molar-refractivity contribution is -0.118. The normalized spacial score (nSPS) is 10.7. The molecule has 1 amide bonds. The molecule has 120 valence electrons. The molecule has 2 aromatic rings. The molecule has 0 unspecified atom stereocenters. The van der Waals surface area contributed by atoms with E-state index in [-0.39, 0.29) is 5.91 Å². The summed E-state index contributed by atoms with van der Waals surface area (Å²) in [5, 5.41) is 2.92. The zero-order chi connectivity index (χ0) is 16.3. The van der Waals surface area contributed by atoms with Crippen molar-refractivity contribution < 1.29 is 9.53 Å². The maximum atomic E-state index is 11.9. The highest BCUT2D eigenvalue weighted by Crippen LogP contribution is 2.16. The van der Waals surface area contributed by atoms with Crippen LogP contribution in [0.4, 0.5) is 0 Å². The molecule has 0 aliphatic rings. The van der Waals surface area contributed by atoms with Crippen molar-refractivity contribution >= 4 is 23.7 Å². The van der Waals surface area contributed by atoms with Crippen LogP contribution >= 0.6 is 11.8 Å². The van der Waals surface area contributed by atoms with Gasteiger partial charge in [0.2, 0.25) is 5.91 Å². The Morgan fingerprint density at radius 3 is 2.65 bits per heavy atom. The summed E-state index contributed by atoms with van der Waals surface area (Å²) in [6.07, 6.45) is 4.15. The number of thioether (sulfide) groups is 1. The van der Waals surface area contributed by atoms with Crippen LogP contribution < -0.4 is 10.1 Å². The van der Waals surface area contributed by atoms with Crippen LogP contribution in [-0.4, -0.2) is 24.5 Å². The number of nitrogens with one attached hydrogen (secondary N) is 1. The standard InChI is InChI=1S/C19H21NO2S/c1-22-18-12-6-5-11-17(18)14-20-19(21)15-23-13-7-10-16-8-3-2-4-9-16/h2-12H,13-15H2,1H3,(H,20,21)/b10-7+. The van der Waals surface area contributed by atoms with E-state index in [1.165, 1.54) is 5.56 Å². The number of methoxy groups -OCH3 is 1. The topological polar surface area (TPSA) is 38.3 Å². The Balaban J connectivity index is 1.66. The van der Waals surface area contributed by atoms with Crippen LogP contribution in [0.1, 0.15) is 11.1 Å². The first kappa shape index (κ1) is 17.2. The summed E-state index contributed by atoms with van der Waals surface area (Å²) < 4.78 is 5.27. The molecule has 0 spiro atoms. The van der Waals surface area contributed by atoms with Gasteiger partial charge in [-0.3, -0.25) is 4.79 Å². The lowest BCUT2D eigenvalue weighted by Gasteiger charge is -2.09. The monoisotopic (exact) mass is 327 g/mol. The maximum Gasteiger partial charge on any atom is 0.230 e. The van der Waals surface area contributed by atoms with Crippen LogP contribution in [0.5, 0.6) is 5.75 Å². The van der Waals surface area contributed by atoms with Crippen molar-refractivity contribution in [1.82, 2.24) is 5.32 Å². The predicted molar refractivity (Wildman–Crippen MR) is 97.6 cm³/mol. The van der Waals surface area contributed by atoms with Gasteiger partial charge in [0, 0.05) is 17.9 Å². The van der Waals surface area contributed by atoms with E-state index in [0.717, 1.165) is 17.1 Å². The van der Waals surface area contributed by atoms with Crippen molar-refractivity contribution in [2.75, 3.05) is 18.6 Å². The number of carbonyl (C=O) groups excluding carboxylic acids is 1. The Morgan fingerprint density at radius 2 is 1.87 bits per heavy atom. The summed E-state index contributed by atoms with van der Waals surface area (Å²) >= 11 is 1.60. The molecule has 0 aliphatic carbocycles. The first-order valence-electron chi connectivity index (χ1n) is 7.47. The van der Waals surface area contributed by atoms with Crippen LogP contribution in [0, 0.1) is 0 Å². The van der Waals surface area contributed by atoms with Gasteiger partial charge in [0.15, 0.2) is 0 Å². The number of hydrogen-bond acceptors (Lipinski definition) is 3. The van der Waals surface area contributed by atoms with Gasteiger partial charge in [-0.15, -0.1) is 11.8 Å². The molecule has 2 aromatic carbocycles. The van der Waals surface area contributed by atoms with Crippen molar-refractivity contribution in [1.29, 1.82) is 0 Å². The van der Waals surface area contributed by atoms with E-state index < -0.39 is 0 Å². The van der Waals surface area contributed by atoms with Crippen molar-refractivity contribution in [2.45, 2.75) is 6.54 Å². The number of ether oxygens (including phenoxy) is 1. The second-order valence-electron chi connectivity index (χ2n) is 4.92. The van der Waals surface area contributed by atoms with E-state index in [9.17, 15) is 4.79 Å². The molecule has 3 nitrogen and oxygen atoms in total. The SMILES string of the molecule is COc1ccccc1CNC(=O)CSC/C=C/c1ccccc1. The third-order valence-electron chi connectivity index (χ3n) is 3.23.